The van der Waals surface area contributed by atoms with Gasteiger partial charge in [0.25, 0.3) is 5.91 Å². The van der Waals surface area contributed by atoms with Gasteiger partial charge in [-0.05, 0) is 43.2 Å². The van der Waals surface area contributed by atoms with Gasteiger partial charge in [0.2, 0.25) is 0 Å². The molecule has 0 radical (unpaired) electrons. The molecule has 1 aromatic carbocycles. The highest BCUT2D eigenvalue weighted by atomic mass is 16.5. The number of ether oxygens (including phenoxy) is 2. The first-order valence-corrected chi connectivity index (χ1v) is 9.17. The third-order valence-electron chi connectivity index (χ3n) is 4.53. The van der Waals surface area contributed by atoms with Crippen LogP contribution in [0.5, 0.6) is 5.75 Å². The number of rotatable bonds is 1. The van der Waals surface area contributed by atoms with Crippen molar-refractivity contribution in [3.63, 3.8) is 0 Å². The summed E-state index contributed by atoms with van der Waals surface area (Å²) in [6.07, 6.45) is 3.27. The van der Waals surface area contributed by atoms with E-state index in [9.17, 15) is 9.59 Å². The minimum absolute atomic E-state index is 0.236. The molecule has 0 fully saturated rings. The van der Waals surface area contributed by atoms with E-state index in [-0.39, 0.29) is 11.1 Å². The van der Waals surface area contributed by atoms with Gasteiger partial charge in [-0.15, -0.1) is 10.2 Å². The highest BCUT2D eigenvalue weighted by Gasteiger charge is 2.18. The summed E-state index contributed by atoms with van der Waals surface area (Å²) in [6.45, 7) is 1.15. The molecule has 0 spiro atoms. The van der Waals surface area contributed by atoms with Gasteiger partial charge in [-0.1, -0.05) is 6.07 Å². The fraction of sp³-hybridized carbons (Fsp3) is 0.250. The molecule has 0 saturated heterocycles. The molecule has 29 heavy (non-hydrogen) atoms. The molecule has 1 N–H and O–H groups in total. The monoisotopic (exact) mass is 393 g/mol. The second kappa shape index (κ2) is 8.09. The zero-order valence-electron chi connectivity index (χ0n) is 15.8. The number of aryl methyl sites for hydroxylation is 1. The maximum absolute atomic E-state index is 12.9. The maximum Gasteiger partial charge on any atom is 0.337 e. The fourth-order valence-corrected chi connectivity index (χ4v) is 3.07. The minimum Gasteiger partial charge on any atom is -0.493 e. The van der Waals surface area contributed by atoms with Gasteiger partial charge < -0.3 is 19.4 Å². The molecule has 0 aliphatic carbocycles. The number of methoxy groups -OCH3 is 1. The summed E-state index contributed by atoms with van der Waals surface area (Å²) < 4.78 is 12.5. The van der Waals surface area contributed by atoms with Gasteiger partial charge in [-0.3, -0.25) is 4.79 Å². The van der Waals surface area contributed by atoms with Crippen LogP contribution in [0.3, 0.4) is 0 Å². The van der Waals surface area contributed by atoms with Crippen LogP contribution in [0.1, 0.15) is 33.6 Å². The molecule has 3 aromatic rings. The van der Waals surface area contributed by atoms with Crippen LogP contribution in [-0.2, 0) is 11.3 Å². The number of fused-ring (bicyclic) bond motifs is 5. The van der Waals surface area contributed by atoms with Gasteiger partial charge >= 0.3 is 5.97 Å². The normalized spacial score (nSPS) is 13.9. The van der Waals surface area contributed by atoms with Crippen LogP contribution in [0.15, 0.2) is 42.7 Å². The van der Waals surface area contributed by atoms with Gasteiger partial charge in [0.1, 0.15) is 23.6 Å². The molecule has 1 amide bonds. The fourth-order valence-electron chi connectivity index (χ4n) is 3.07. The van der Waals surface area contributed by atoms with Gasteiger partial charge in [-0.25, -0.2) is 9.78 Å². The van der Waals surface area contributed by atoms with Crippen molar-refractivity contribution in [3.8, 4) is 17.3 Å². The van der Waals surface area contributed by atoms with Gasteiger partial charge in [-0.2, -0.15) is 0 Å². The second-order valence-corrected chi connectivity index (χ2v) is 6.47. The van der Waals surface area contributed by atoms with Crippen LogP contribution >= 0.6 is 0 Å². The molecule has 1 aliphatic heterocycles. The Balaban J connectivity index is 1.73. The standard InChI is InChI=1S/C20H19N5O4/c1-28-20(27)13-7-8-16-14(11-13)19(26)23-17-6-4-5-15(22-17)18-24-21-12-25(18)9-2-3-10-29-16/h4-8,11-12H,2-3,9-10H2,1H3,(H,22,23,26). The predicted molar refractivity (Wildman–Crippen MR) is 104 cm³/mol. The summed E-state index contributed by atoms with van der Waals surface area (Å²) in [5.74, 6) is 0.419. The Morgan fingerprint density at radius 3 is 3.00 bits per heavy atom. The maximum atomic E-state index is 12.9. The van der Waals surface area contributed by atoms with Crippen molar-refractivity contribution >= 4 is 17.7 Å². The summed E-state index contributed by atoms with van der Waals surface area (Å²) in [7, 11) is 1.29. The molecule has 1 aliphatic rings. The number of carbonyl (C=O) groups excluding carboxylic acids is 2. The quantitative estimate of drug-likeness (QED) is 0.633. The molecule has 2 bridgehead atoms. The van der Waals surface area contributed by atoms with E-state index in [4.69, 9.17) is 9.47 Å². The largest absolute Gasteiger partial charge is 0.493 e. The number of nitrogens with zero attached hydrogens (tertiary/aromatic N) is 4. The van der Waals surface area contributed by atoms with Crippen molar-refractivity contribution in [3.05, 3.63) is 53.9 Å². The van der Waals surface area contributed by atoms with E-state index in [0.29, 0.717) is 29.7 Å². The van der Waals surface area contributed by atoms with Crippen LogP contribution in [0, 0.1) is 0 Å². The van der Waals surface area contributed by atoms with E-state index in [1.165, 1.54) is 13.2 Å². The van der Waals surface area contributed by atoms with E-state index >= 15 is 0 Å². The van der Waals surface area contributed by atoms with Crippen LogP contribution in [0.2, 0.25) is 0 Å². The van der Waals surface area contributed by atoms with E-state index in [1.54, 1.807) is 30.6 Å². The number of amides is 1. The smallest absolute Gasteiger partial charge is 0.337 e. The van der Waals surface area contributed by atoms with Crippen molar-refractivity contribution in [2.75, 3.05) is 19.0 Å². The molecule has 148 valence electrons. The van der Waals surface area contributed by atoms with Gasteiger partial charge in [0.05, 0.1) is 24.8 Å². The SMILES string of the molecule is COC(=O)c1ccc2c(c1)C(=O)Nc1cccc(n1)-c1nncn1CCCCO2. The Labute approximate surface area is 166 Å². The molecular weight excluding hydrogens is 374 g/mol. The molecule has 0 saturated carbocycles. The summed E-state index contributed by atoms with van der Waals surface area (Å²) >= 11 is 0. The van der Waals surface area contributed by atoms with Crippen molar-refractivity contribution < 1.29 is 19.1 Å². The lowest BCUT2D eigenvalue weighted by molar-refractivity contribution is 0.0600. The average molecular weight is 393 g/mol. The lowest BCUT2D eigenvalue weighted by Crippen LogP contribution is -2.17. The van der Waals surface area contributed by atoms with Crippen molar-refractivity contribution in [1.29, 1.82) is 0 Å². The van der Waals surface area contributed by atoms with Crippen molar-refractivity contribution in [1.82, 2.24) is 19.7 Å². The first-order valence-electron chi connectivity index (χ1n) is 9.17. The molecule has 0 atom stereocenters. The molecule has 3 heterocycles. The third-order valence-corrected chi connectivity index (χ3v) is 4.53. The number of carbonyl (C=O) groups is 2. The molecular formula is C20H19N5O4. The Kier molecular flexibility index (Phi) is 5.19. The number of anilines is 1. The topological polar surface area (TPSA) is 108 Å². The Morgan fingerprint density at radius 2 is 2.14 bits per heavy atom. The van der Waals surface area contributed by atoms with E-state index < -0.39 is 11.9 Å². The van der Waals surface area contributed by atoms with Crippen LogP contribution in [0.4, 0.5) is 5.82 Å². The first-order chi connectivity index (χ1) is 14.2. The third kappa shape index (κ3) is 3.93. The zero-order chi connectivity index (χ0) is 20.2. The number of aromatic nitrogens is 4. The van der Waals surface area contributed by atoms with Crippen LogP contribution in [0.25, 0.3) is 11.5 Å². The number of esters is 1. The van der Waals surface area contributed by atoms with Crippen LogP contribution in [-0.4, -0.2) is 45.3 Å². The van der Waals surface area contributed by atoms with Crippen molar-refractivity contribution in [2.45, 2.75) is 19.4 Å². The number of nitrogens with one attached hydrogen (secondary N) is 1. The van der Waals surface area contributed by atoms with Gasteiger partial charge in [0, 0.05) is 6.54 Å². The number of pyridine rings is 1. The van der Waals surface area contributed by atoms with E-state index in [1.807, 2.05) is 10.6 Å². The molecule has 2 aromatic heterocycles. The summed E-state index contributed by atoms with van der Waals surface area (Å²) in [6, 6.07) is 9.92. The van der Waals surface area contributed by atoms with E-state index in [2.05, 4.69) is 20.5 Å². The van der Waals surface area contributed by atoms with E-state index in [0.717, 1.165) is 19.4 Å². The molecule has 9 nitrogen and oxygen atoms in total. The number of hydrogen-bond acceptors (Lipinski definition) is 7. The molecule has 9 heteroatoms. The number of benzene rings is 1. The second-order valence-electron chi connectivity index (χ2n) is 6.47. The molecule has 0 unspecified atom stereocenters. The van der Waals surface area contributed by atoms with Gasteiger partial charge in [0.15, 0.2) is 5.82 Å². The highest BCUT2D eigenvalue weighted by molar-refractivity contribution is 6.07. The minimum atomic E-state index is -0.528. The summed E-state index contributed by atoms with van der Waals surface area (Å²) in [5.41, 5.74) is 1.11. The first kappa shape index (κ1) is 18.6. The lowest BCUT2D eigenvalue weighted by Gasteiger charge is -2.14. The van der Waals surface area contributed by atoms with Crippen molar-refractivity contribution in [2.24, 2.45) is 0 Å². The summed E-state index contributed by atoms with van der Waals surface area (Å²) in [4.78, 5) is 29.3. The Hall–Kier alpha value is -3.75. The van der Waals surface area contributed by atoms with Crippen LogP contribution < -0.4 is 10.1 Å². The Morgan fingerprint density at radius 1 is 1.24 bits per heavy atom. The number of hydrogen-bond donors (Lipinski definition) is 1. The Bertz CT molecular complexity index is 1060. The average Bonchev–Trinajstić information content (AvgIpc) is 3.21. The predicted octanol–water partition coefficient (Wildman–Crippen LogP) is 2.55. The summed E-state index contributed by atoms with van der Waals surface area (Å²) in [5, 5.41) is 10.9. The zero-order valence-corrected chi connectivity index (χ0v) is 15.8. The molecule has 4 rings (SSSR count). The highest BCUT2D eigenvalue weighted by Crippen LogP contribution is 2.24. The lowest BCUT2D eigenvalue weighted by atomic mass is 10.1.